The van der Waals surface area contributed by atoms with Gasteiger partial charge in [0.25, 0.3) is 0 Å². The van der Waals surface area contributed by atoms with Gasteiger partial charge in [-0.3, -0.25) is 14.4 Å². The molecule has 0 radical (unpaired) electrons. The van der Waals surface area contributed by atoms with Crippen LogP contribution in [0.15, 0.2) is 85.1 Å². The lowest BCUT2D eigenvalue weighted by Crippen LogP contribution is -2.30. The van der Waals surface area contributed by atoms with Crippen molar-refractivity contribution in [3.05, 3.63) is 85.1 Å². The first kappa shape index (κ1) is 69.6. The van der Waals surface area contributed by atoms with Crippen LogP contribution in [0.2, 0.25) is 0 Å². The highest BCUT2D eigenvalue weighted by Crippen LogP contribution is 2.17. The SMILES string of the molecule is CC/C=C\C/C=C\C/C=C\C/C=C\C/C=C\C/C=C\CCCCCCC(=O)OCC(COC(=O)CCCCCCC/C=C\CCCC)OC(=O)CCCCCCCCCCCCCCCCCCCCCCC. The molecule has 0 amide bonds. The molecule has 0 saturated heterocycles. The highest BCUT2D eigenvalue weighted by atomic mass is 16.6. The molecule has 0 fully saturated rings. The Labute approximate surface area is 452 Å². The van der Waals surface area contributed by atoms with E-state index in [1.165, 1.54) is 148 Å². The summed E-state index contributed by atoms with van der Waals surface area (Å²) < 4.78 is 16.9. The summed E-state index contributed by atoms with van der Waals surface area (Å²) in [5, 5.41) is 0. The molecule has 1 unspecified atom stereocenters. The first-order valence-electron chi connectivity index (χ1n) is 31.1. The molecular formula is C67H116O6. The van der Waals surface area contributed by atoms with E-state index in [4.69, 9.17) is 14.2 Å². The molecule has 0 spiro atoms. The fourth-order valence-corrected chi connectivity index (χ4v) is 8.72. The normalized spacial score (nSPS) is 12.6. The van der Waals surface area contributed by atoms with Crippen LogP contribution in [0.5, 0.6) is 0 Å². The van der Waals surface area contributed by atoms with Crippen molar-refractivity contribution < 1.29 is 28.6 Å². The van der Waals surface area contributed by atoms with E-state index >= 15 is 0 Å². The van der Waals surface area contributed by atoms with Crippen molar-refractivity contribution in [2.45, 2.75) is 309 Å². The third-order valence-corrected chi connectivity index (χ3v) is 13.4. The van der Waals surface area contributed by atoms with Crippen molar-refractivity contribution in [1.82, 2.24) is 0 Å². The Morgan fingerprint density at radius 2 is 0.548 bits per heavy atom. The Balaban J connectivity index is 4.34. The second-order valence-electron chi connectivity index (χ2n) is 20.6. The summed E-state index contributed by atoms with van der Waals surface area (Å²) in [6, 6.07) is 0. The summed E-state index contributed by atoms with van der Waals surface area (Å²) >= 11 is 0. The monoisotopic (exact) mass is 1020 g/mol. The van der Waals surface area contributed by atoms with Gasteiger partial charge in [-0.05, 0) is 89.9 Å². The molecule has 0 N–H and O–H groups in total. The summed E-state index contributed by atoms with van der Waals surface area (Å²) in [7, 11) is 0. The van der Waals surface area contributed by atoms with E-state index in [1.54, 1.807) is 0 Å². The molecular weight excluding hydrogens is 901 g/mol. The Kier molecular flexibility index (Phi) is 58.3. The van der Waals surface area contributed by atoms with E-state index in [2.05, 4.69) is 106 Å². The molecule has 0 aromatic rings. The zero-order valence-electron chi connectivity index (χ0n) is 48.1. The summed E-state index contributed by atoms with van der Waals surface area (Å²) in [6.07, 6.45) is 80.2. The maximum atomic E-state index is 12.9. The zero-order valence-corrected chi connectivity index (χ0v) is 48.1. The molecule has 0 rings (SSSR count). The molecule has 0 aromatic carbocycles. The van der Waals surface area contributed by atoms with Crippen LogP contribution in [0.1, 0.15) is 303 Å². The molecule has 0 saturated carbocycles. The van der Waals surface area contributed by atoms with Gasteiger partial charge in [-0.15, -0.1) is 0 Å². The zero-order chi connectivity index (χ0) is 52.9. The summed E-state index contributed by atoms with van der Waals surface area (Å²) in [5.41, 5.74) is 0. The molecule has 6 heteroatoms. The van der Waals surface area contributed by atoms with Gasteiger partial charge in [0.2, 0.25) is 0 Å². The Bertz CT molecular complexity index is 1400. The van der Waals surface area contributed by atoms with E-state index in [1.807, 2.05) is 0 Å². The van der Waals surface area contributed by atoms with E-state index in [0.717, 1.165) is 116 Å². The van der Waals surface area contributed by atoms with Gasteiger partial charge in [0.1, 0.15) is 13.2 Å². The molecule has 0 heterocycles. The van der Waals surface area contributed by atoms with Crippen molar-refractivity contribution in [3.63, 3.8) is 0 Å². The third kappa shape index (κ3) is 59.3. The van der Waals surface area contributed by atoms with Crippen LogP contribution in [-0.2, 0) is 28.6 Å². The number of esters is 3. The van der Waals surface area contributed by atoms with Crippen LogP contribution in [0.25, 0.3) is 0 Å². The van der Waals surface area contributed by atoms with Crippen molar-refractivity contribution in [2.24, 2.45) is 0 Å². The van der Waals surface area contributed by atoms with Crippen LogP contribution < -0.4 is 0 Å². The lowest BCUT2D eigenvalue weighted by Gasteiger charge is -2.18. The Morgan fingerprint density at radius 1 is 0.288 bits per heavy atom. The smallest absolute Gasteiger partial charge is 0.306 e. The summed E-state index contributed by atoms with van der Waals surface area (Å²) in [6.45, 7) is 6.49. The molecule has 0 aliphatic rings. The molecule has 0 bridgehead atoms. The highest BCUT2D eigenvalue weighted by Gasteiger charge is 2.19. The number of ether oxygens (including phenoxy) is 3. The van der Waals surface area contributed by atoms with Gasteiger partial charge in [0.05, 0.1) is 0 Å². The minimum atomic E-state index is -0.790. The van der Waals surface area contributed by atoms with Crippen LogP contribution in [-0.4, -0.2) is 37.2 Å². The summed E-state index contributed by atoms with van der Waals surface area (Å²) in [4.78, 5) is 38.2. The standard InChI is InChI=1S/C67H116O6/c1-4-7-10-13-16-19-22-24-26-28-30-32-33-35-36-38-40-42-45-48-51-54-57-60-66(69)72-63-64(62-71-65(68)59-56-53-50-47-44-21-18-15-12-9-6-3)73-67(70)61-58-55-52-49-46-43-41-39-37-34-31-29-27-25-23-20-17-14-11-8-5-2/h7,10,15-16,18-19,24,26,30,32,35-36,40,42,64H,4-6,8-9,11-14,17,20-23,25,27-29,31,33-34,37-39,41,43-63H2,1-3H3/b10-7-,18-15-,19-16-,26-24-,32-30-,36-35-,42-40-. The van der Waals surface area contributed by atoms with Crippen LogP contribution in [0.4, 0.5) is 0 Å². The number of carbonyl (C=O) groups is 3. The Hall–Kier alpha value is -3.41. The van der Waals surface area contributed by atoms with Gasteiger partial charge in [-0.2, -0.15) is 0 Å². The number of hydrogen-bond acceptors (Lipinski definition) is 6. The van der Waals surface area contributed by atoms with E-state index < -0.39 is 6.10 Å². The lowest BCUT2D eigenvalue weighted by molar-refractivity contribution is -0.167. The first-order chi connectivity index (χ1) is 36.0. The number of unbranched alkanes of at least 4 members (excludes halogenated alkanes) is 31. The number of allylic oxidation sites excluding steroid dienone is 14. The van der Waals surface area contributed by atoms with Crippen LogP contribution >= 0.6 is 0 Å². The summed E-state index contributed by atoms with van der Waals surface area (Å²) in [5.74, 6) is -0.910. The predicted octanol–water partition coefficient (Wildman–Crippen LogP) is 21.1. The average molecular weight is 1020 g/mol. The molecule has 6 nitrogen and oxygen atoms in total. The van der Waals surface area contributed by atoms with Crippen LogP contribution in [0.3, 0.4) is 0 Å². The van der Waals surface area contributed by atoms with E-state index in [0.29, 0.717) is 19.3 Å². The predicted molar refractivity (Wildman–Crippen MR) is 316 cm³/mol. The fourth-order valence-electron chi connectivity index (χ4n) is 8.72. The highest BCUT2D eigenvalue weighted by molar-refractivity contribution is 5.71. The van der Waals surface area contributed by atoms with Crippen molar-refractivity contribution in [1.29, 1.82) is 0 Å². The molecule has 1 atom stereocenters. The second kappa shape index (κ2) is 61.1. The van der Waals surface area contributed by atoms with E-state index in [9.17, 15) is 14.4 Å². The third-order valence-electron chi connectivity index (χ3n) is 13.4. The molecule has 0 aliphatic carbocycles. The number of hydrogen-bond donors (Lipinski definition) is 0. The van der Waals surface area contributed by atoms with Gasteiger partial charge < -0.3 is 14.2 Å². The fraction of sp³-hybridized carbons (Fsp3) is 0.746. The second-order valence-corrected chi connectivity index (χ2v) is 20.6. The van der Waals surface area contributed by atoms with Gasteiger partial charge in [0, 0.05) is 19.3 Å². The van der Waals surface area contributed by atoms with Crippen molar-refractivity contribution >= 4 is 17.9 Å². The minimum absolute atomic E-state index is 0.0872. The molecule has 0 aromatic heterocycles. The van der Waals surface area contributed by atoms with Gasteiger partial charge >= 0.3 is 17.9 Å². The Morgan fingerprint density at radius 3 is 0.890 bits per heavy atom. The quantitative estimate of drug-likeness (QED) is 0.0261. The van der Waals surface area contributed by atoms with Gasteiger partial charge in [-0.1, -0.05) is 279 Å². The molecule has 420 valence electrons. The topological polar surface area (TPSA) is 78.9 Å². The lowest BCUT2D eigenvalue weighted by atomic mass is 10.0. The van der Waals surface area contributed by atoms with Gasteiger partial charge in [0.15, 0.2) is 6.10 Å². The average Bonchev–Trinajstić information content (AvgIpc) is 3.39. The maximum absolute atomic E-state index is 12.9. The van der Waals surface area contributed by atoms with Crippen molar-refractivity contribution in [3.8, 4) is 0 Å². The van der Waals surface area contributed by atoms with Crippen molar-refractivity contribution in [2.75, 3.05) is 13.2 Å². The van der Waals surface area contributed by atoms with E-state index in [-0.39, 0.29) is 31.1 Å². The first-order valence-corrected chi connectivity index (χ1v) is 31.1. The number of rotatable bonds is 56. The van der Waals surface area contributed by atoms with Crippen LogP contribution in [0, 0.1) is 0 Å². The molecule has 73 heavy (non-hydrogen) atoms. The molecule has 0 aliphatic heterocycles. The number of carbonyl (C=O) groups excluding carboxylic acids is 3. The van der Waals surface area contributed by atoms with Gasteiger partial charge in [-0.25, -0.2) is 0 Å². The largest absolute Gasteiger partial charge is 0.462 e. The minimum Gasteiger partial charge on any atom is -0.462 e. The maximum Gasteiger partial charge on any atom is 0.306 e.